The molecule has 7 heteroatoms. The number of nitrogens with one attached hydrogen (secondary N) is 3. The molecule has 1 heterocycles. The minimum atomic E-state index is -0.376. The van der Waals surface area contributed by atoms with Gasteiger partial charge in [-0.2, -0.15) is 0 Å². The number of anilines is 2. The number of hydrogen-bond acceptors (Lipinski definition) is 7. The summed E-state index contributed by atoms with van der Waals surface area (Å²) in [5, 5.41) is 13.9. The fraction of sp³-hybridized carbons (Fsp3) is 0.294. The van der Waals surface area contributed by atoms with Gasteiger partial charge in [0.05, 0.1) is 12.2 Å². The van der Waals surface area contributed by atoms with Gasteiger partial charge < -0.3 is 20.8 Å². The average Bonchev–Trinajstić information content (AvgIpc) is 2.62. The Morgan fingerprint density at radius 3 is 2.71 bits per heavy atom. The highest BCUT2D eigenvalue weighted by molar-refractivity contribution is 5.94. The van der Waals surface area contributed by atoms with Gasteiger partial charge in [-0.05, 0) is 37.6 Å². The molecular weight excluding hydrogens is 306 g/mol. The molecule has 3 N–H and O–H groups in total. The molecule has 2 aromatic rings. The van der Waals surface area contributed by atoms with Crippen molar-refractivity contribution in [3.63, 3.8) is 0 Å². The number of aromatic nitrogens is 2. The van der Waals surface area contributed by atoms with Crippen molar-refractivity contribution in [2.75, 3.05) is 30.3 Å². The molecule has 1 aromatic carbocycles. The van der Waals surface area contributed by atoms with Crippen LogP contribution >= 0.6 is 0 Å². The van der Waals surface area contributed by atoms with Gasteiger partial charge in [0.15, 0.2) is 0 Å². The van der Waals surface area contributed by atoms with Crippen LogP contribution in [0.15, 0.2) is 36.7 Å². The van der Waals surface area contributed by atoms with Crippen molar-refractivity contribution in [3.8, 4) is 0 Å². The van der Waals surface area contributed by atoms with E-state index >= 15 is 0 Å². The molecule has 0 saturated heterocycles. The van der Waals surface area contributed by atoms with E-state index in [2.05, 4.69) is 20.6 Å². The summed E-state index contributed by atoms with van der Waals surface area (Å²) in [5.74, 6) is 0.232. The molecular formula is C17H21N5O2. The first-order chi connectivity index (χ1) is 11.7. The SMILES string of the molecule is CCOC(=O)c1ccc(NCCCNc2ncccn2)c(C=N)c1. The minimum Gasteiger partial charge on any atom is -0.462 e. The van der Waals surface area contributed by atoms with Crippen LogP contribution in [-0.2, 0) is 4.74 Å². The standard InChI is InChI=1S/C17H21N5O2/c1-2-24-16(23)13-5-6-15(14(11-13)12-18)19-7-3-8-20-17-21-9-4-10-22-17/h4-6,9-12,18-19H,2-3,7-8H2,1H3,(H,20,21,22). The number of esters is 1. The van der Waals surface area contributed by atoms with Crippen molar-refractivity contribution < 1.29 is 9.53 Å². The third kappa shape index (κ3) is 5.05. The van der Waals surface area contributed by atoms with Crippen molar-refractivity contribution in [2.24, 2.45) is 0 Å². The van der Waals surface area contributed by atoms with Crippen molar-refractivity contribution in [2.45, 2.75) is 13.3 Å². The van der Waals surface area contributed by atoms with E-state index < -0.39 is 0 Å². The summed E-state index contributed by atoms with van der Waals surface area (Å²) < 4.78 is 4.97. The molecule has 0 amide bonds. The Morgan fingerprint density at radius 2 is 2.00 bits per heavy atom. The summed E-state index contributed by atoms with van der Waals surface area (Å²) in [4.78, 5) is 19.9. The van der Waals surface area contributed by atoms with Gasteiger partial charge in [-0.15, -0.1) is 0 Å². The van der Waals surface area contributed by atoms with Gasteiger partial charge in [0.2, 0.25) is 5.95 Å². The Balaban J connectivity index is 1.83. The fourth-order valence-electron chi connectivity index (χ4n) is 2.09. The highest BCUT2D eigenvalue weighted by atomic mass is 16.5. The fourth-order valence-corrected chi connectivity index (χ4v) is 2.09. The molecule has 0 atom stereocenters. The average molecular weight is 327 g/mol. The molecule has 0 radical (unpaired) electrons. The summed E-state index contributed by atoms with van der Waals surface area (Å²) in [5.41, 5.74) is 1.91. The summed E-state index contributed by atoms with van der Waals surface area (Å²) >= 11 is 0. The molecule has 0 aliphatic heterocycles. The minimum absolute atomic E-state index is 0.330. The second-order valence-corrected chi connectivity index (χ2v) is 4.95. The van der Waals surface area contributed by atoms with Crippen LogP contribution in [0.4, 0.5) is 11.6 Å². The number of carbonyl (C=O) groups is 1. The lowest BCUT2D eigenvalue weighted by molar-refractivity contribution is 0.0526. The Kier molecular flexibility index (Phi) is 6.70. The van der Waals surface area contributed by atoms with Crippen LogP contribution in [0.2, 0.25) is 0 Å². The molecule has 24 heavy (non-hydrogen) atoms. The summed E-state index contributed by atoms with van der Waals surface area (Å²) in [6.45, 7) is 3.55. The van der Waals surface area contributed by atoms with Crippen molar-refractivity contribution in [1.29, 1.82) is 5.41 Å². The van der Waals surface area contributed by atoms with E-state index in [1.807, 2.05) is 0 Å². The topological polar surface area (TPSA) is 100.0 Å². The zero-order chi connectivity index (χ0) is 17.2. The first-order valence-electron chi connectivity index (χ1n) is 7.81. The summed E-state index contributed by atoms with van der Waals surface area (Å²) in [7, 11) is 0. The first kappa shape index (κ1) is 17.4. The molecule has 0 saturated carbocycles. The Bertz CT molecular complexity index is 676. The zero-order valence-electron chi connectivity index (χ0n) is 13.6. The van der Waals surface area contributed by atoms with Gasteiger partial charge in [0.1, 0.15) is 0 Å². The molecule has 1 aromatic heterocycles. The Labute approximate surface area is 141 Å². The smallest absolute Gasteiger partial charge is 0.338 e. The van der Waals surface area contributed by atoms with E-state index in [0.29, 0.717) is 23.7 Å². The van der Waals surface area contributed by atoms with Gasteiger partial charge in [0.25, 0.3) is 0 Å². The molecule has 0 aliphatic carbocycles. The van der Waals surface area contributed by atoms with Crippen LogP contribution in [0.3, 0.4) is 0 Å². The van der Waals surface area contributed by atoms with Crippen molar-refractivity contribution >= 4 is 23.8 Å². The number of hydrogen-bond donors (Lipinski definition) is 3. The number of benzene rings is 1. The number of ether oxygens (including phenoxy) is 1. The largest absolute Gasteiger partial charge is 0.462 e. The maximum Gasteiger partial charge on any atom is 0.338 e. The molecule has 7 nitrogen and oxygen atoms in total. The van der Waals surface area contributed by atoms with Gasteiger partial charge in [-0.3, -0.25) is 0 Å². The van der Waals surface area contributed by atoms with Crippen LogP contribution < -0.4 is 10.6 Å². The summed E-state index contributed by atoms with van der Waals surface area (Å²) in [6.07, 6.45) is 5.46. The molecule has 2 rings (SSSR count). The monoisotopic (exact) mass is 327 g/mol. The highest BCUT2D eigenvalue weighted by Gasteiger charge is 2.09. The second-order valence-electron chi connectivity index (χ2n) is 4.95. The van der Waals surface area contributed by atoms with Crippen molar-refractivity contribution in [3.05, 3.63) is 47.8 Å². The van der Waals surface area contributed by atoms with Crippen LogP contribution in [0.25, 0.3) is 0 Å². The molecule has 0 bridgehead atoms. The maximum atomic E-state index is 11.7. The predicted octanol–water partition coefficient (Wildman–Crippen LogP) is 2.57. The van der Waals surface area contributed by atoms with E-state index in [0.717, 1.165) is 25.2 Å². The normalized spacial score (nSPS) is 10.0. The van der Waals surface area contributed by atoms with E-state index in [9.17, 15) is 4.79 Å². The lowest BCUT2D eigenvalue weighted by atomic mass is 10.1. The maximum absolute atomic E-state index is 11.7. The molecule has 0 fully saturated rings. The molecule has 0 unspecified atom stereocenters. The highest BCUT2D eigenvalue weighted by Crippen LogP contribution is 2.16. The lowest BCUT2D eigenvalue weighted by Gasteiger charge is -2.11. The van der Waals surface area contributed by atoms with Crippen LogP contribution in [0, 0.1) is 5.41 Å². The van der Waals surface area contributed by atoms with Gasteiger partial charge in [-0.25, -0.2) is 14.8 Å². The number of rotatable bonds is 9. The quantitative estimate of drug-likeness (QED) is 0.372. The van der Waals surface area contributed by atoms with Gasteiger partial charge in [0, 0.05) is 42.9 Å². The molecule has 0 spiro atoms. The second kappa shape index (κ2) is 9.24. The van der Waals surface area contributed by atoms with E-state index in [1.165, 1.54) is 6.21 Å². The van der Waals surface area contributed by atoms with E-state index in [4.69, 9.17) is 10.1 Å². The summed E-state index contributed by atoms with van der Waals surface area (Å²) in [6, 6.07) is 6.92. The van der Waals surface area contributed by atoms with E-state index in [1.54, 1.807) is 43.6 Å². The van der Waals surface area contributed by atoms with E-state index in [-0.39, 0.29) is 5.97 Å². The zero-order valence-corrected chi connectivity index (χ0v) is 13.6. The Hall–Kier alpha value is -2.96. The molecule has 126 valence electrons. The van der Waals surface area contributed by atoms with Crippen molar-refractivity contribution in [1.82, 2.24) is 9.97 Å². The number of nitrogens with zero attached hydrogens (tertiary/aromatic N) is 2. The van der Waals surface area contributed by atoms with Crippen LogP contribution in [-0.4, -0.2) is 41.8 Å². The lowest BCUT2D eigenvalue weighted by Crippen LogP contribution is -2.12. The van der Waals surface area contributed by atoms with Gasteiger partial charge >= 0.3 is 5.97 Å². The molecule has 0 aliphatic rings. The Morgan fingerprint density at radius 1 is 1.25 bits per heavy atom. The first-order valence-corrected chi connectivity index (χ1v) is 7.81. The third-order valence-corrected chi connectivity index (χ3v) is 3.24. The third-order valence-electron chi connectivity index (χ3n) is 3.24. The van der Waals surface area contributed by atoms with Crippen LogP contribution in [0.5, 0.6) is 0 Å². The predicted molar refractivity (Wildman–Crippen MR) is 93.9 cm³/mol. The van der Waals surface area contributed by atoms with Gasteiger partial charge in [-0.1, -0.05) is 0 Å². The number of carbonyl (C=O) groups excluding carboxylic acids is 1. The van der Waals surface area contributed by atoms with Crippen LogP contribution in [0.1, 0.15) is 29.3 Å².